The zero-order chi connectivity index (χ0) is 13.2. The van der Waals surface area contributed by atoms with E-state index in [4.69, 9.17) is 4.74 Å². The highest BCUT2D eigenvalue weighted by atomic mass is 16.5. The molecule has 2 heterocycles. The lowest BCUT2D eigenvalue weighted by Crippen LogP contribution is -2.00. The van der Waals surface area contributed by atoms with Gasteiger partial charge in [-0.1, -0.05) is 0 Å². The molecule has 0 unspecified atom stereocenters. The number of tetrazole rings is 1. The second-order valence-corrected chi connectivity index (χ2v) is 3.76. The van der Waals surface area contributed by atoms with Gasteiger partial charge in [0, 0.05) is 11.8 Å². The van der Waals surface area contributed by atoms with Crippen LogP contribution < -0.4 is 10.1 Å². The summed E-state index contributed by atoms with van der Waals surface area (Å²) in [6.07, 6.45) is 0. The molecular weight excluding hydrogens is 248 g/mol. The molecular formula is C11H10N6O2. The number of methoxy groups -OCH3 is 1. The summed E-state index contributed by atoms with van der Waals surface area (Å²) in [5, 5.41) is 27.8. The van der Waals surface area contributed by atoms with E-state index in [1.165, 1.54) is 11.7 Å². The van der Waals surface area contributed by atoms with E-state index in [1.54, 1.807) is 30.3 Å². The van der Waals surface area contributed by atoms with Crippen molar-refractivity contribution in [3.05, 3.63) is 30.3 Å². The summed E-state index contributed by atoms with van der Waals surface area (Å²) >= 11 is 0. The van der Waals surface area contributed by atoms with Crippen molar-refractivity contribution >= 4 is 17.2 Å². The number of phenolic OH excluding ortho intramolecular Hbond substituents is 1. The minimum atomic E-state index is 0.0519. The van der Waals surface area contributed by atoms with Crippen LogP contribution in [0.1, 0.15) is 0 Å². The Morgan fingerprint density at radius 1 is 1.26 bits per heavy atom. The number of fused-ring (bicyclic) bond motifs is 1. The van der Waals surface area contributed by atoms with Crippen LogP contribution in [-0.2, 0) is 0 Å². The third kappa shape index (κ3) is 2.10. The summed E-state index contributed by atoms with van der Waals surface area (Å²) < 4.78 is 6.28. The zero-order valence-corrected chi connectivity index (χ0v) is 9.98. The van der Waals surface area contributed by atoms with Gasteiger partial charge >= 0.3 is 0 Å². The summed E-state index contributed by atoms with van der Waals surface area (Å²) in [5.41, 5.74) is 1.24. The number of nitrogens with one attached hydrogen (secondary N) is 1. The average molecular weight is 258 g/mol. The Hall–Kier alpha value is -2.90. The van der Waals surface area contributed by atoms with E-state index in [1.807, 2.05) is 0 Å². The third-order valence-corrected chi connectivity index (χ3v) is 2.52. The number of benzene rings is 1. The van der Waals surface area contributed by atoms with Gasteiger partial charge in [-0.05, 0) is 34.7 Å². The first-order valence-electron chi connectivity index (χ1n) is 5.46. The topological polar surface area (TPSA) is 97.5 Å². The molecule has 0 spiro atoms. The lowest BCUT2D eigenvalue weighted by Gasteiger charge is -2.08. The summed E-state index contributed by atoms with van der Waals surface area (Å²) in [6.45, 7) is 0. The largest absolute Gasteiger partial charge is 0.504 e. The van der Waals surface area contributed by atoms with E-state index >= 15 is 0 Å². The molecule has 1 aromatic carbocycles. The number of nitrogens with zero attached hydrogens (tertiary/aromatic N) is 5. The van der Waals surface area contributed by atoms with Crippen LogP contribution in [0.25, 0.3) is 5.65 Å². The molecule has 2 N–H and O–H groups in total. The first-order valence-corrected chi connectivity index (χ1v) is 5.46. The Morgan fingerprint density at radius 2 is 2.16 bits per heavy atom. The van der Waals surface area contributed by atoms with Crippen LogP contribution in [-0.4, -0.2) is 37.5 Å². The molecule has 3 rings (SSSR count). The fourth-order valence-corrected chi connectivity index (χ4v) is 1.63. The molecule has 0 radical (unpaired) electrons. The number of hydrogen-bond donors (Lipinski definition) is 2. The maximum atomic E-state index is 9.69. The Morgan fingerprint density at radius 3 is 2.95 bits per heavy atom. The molecule has 0 saturated heterocycles. The van der Waals surface area contributed by atoms with Crippen LogP contribution in [0.4, 0.5) is 11.5 Å². The second kappa shape index (κ2) is 4.41. The number of phenols is 1. The molecule has 0 aliphatic heterocycles. The van der Waals surface area contributed by atoms with Gasteiger partial charge in [-0.15, -0.1) is 14.8 Å². The predicted octanol–water partition coefficient (Wildman–Crippen LogP) is 0.977. The van der Waals surface area contributed by atoms with E-state index in [2.05, 4.69) is 25.9 Å². The lowest BCUT2D eigenvalue weighted by atomic mass is 10.2. The van der Waals surface area contributed by atoms with Crippen LogP contribution in [0.2, 0.25) is 0 Å². The minimum Gasteiger partial charge on any atom is -0.504 e. The van der Waals surface area contributed by atoms with Gasteiger partial charge in [0.1, 0.15) is 0 Å². The van der Waals surface area contributed by atoms with Crippen molar-refractivity contribution in [2.45, 2.75) is 0 Å². The van der Waals surface area contributed by atoms with Crippen LogP contribution in [0.3, 0.4) is 0 Å². The first-order chi connectivity index (χ1) is 9.26. The molecule has 0 saturated carbocycles. The number of rotatable bonds is 3. The monoisotopic (exact) mass is 258 g/mol. The number of ether oxygens (including phenoxy) is 1. The highest BCUT2D eigenvalue weighted by Crippen LogP contribution is 2.29. The van der Waals surface area contributed by atoms with E-state index in [9.17, 15) is 5.11 Å². The van der Waals surface area contributed by atoms with Crippen molar-refractivity contribution in [1.82, 2.24) is 25.3 Å². The molecule has 0 bridgehead atoms. The highest BCUT2D eigenvalue weighted by molar-refractivity contribution is 5.61. The molecule has 3 aromatic rings. The van der Waals surface area contributed by atoms with E-state index < -0.39 is 0 Å². The summed E-state index contributed by atoms with van der Waals surface area (Å²) in [6, 6.07) is 8.45. The van der Waals surface area contributed by atoms with Gasteiger partial charge in [0.15, 0.2) is 23.0 Å². The highest BCUT2D eigenvalue weighted by Gasteiger charge is 2.04. The maximum Gasteiger partial charge on any atom is 0.200 e. The minimum absolute atomic E-state index is 0.0519. The van der Waals surface area contributed by atoms with Gasteiger partial charge in [0.25, 0.3) is 0 Å². The second-order valence-electron chi connectivity index (χ2n) is 3.76. The van der Waals surface area contributed by atoms with E-state index in [0.717, 1.165) is 0 Å². The van der Waals surface area contributed by atoms with Gasteiger partial charge in [0.05, 0.1) is 7.11 Å². The molecule has 0 atom stereocenters. The summed E-state index contributed by atoms with van der Waals surface area (Å²) in [5.74, 6) is 1.02. The fourth-order valence-electron chi connectivity index (χ4n) is 1.63. The maximum absolute atomic E-state index is 9.69. The van der Waals surface area contributed by atoms with Crippen molar-refractivity contribution in [1.29, 1.82) is 0 Å². The zero-order valence-electron chi connectivity index (χ0n) is 9.98. The molecule has 8 nitrogen and oxygen atoms in total. The Bertz CT molecular complexity index is 726. The van der Waals surface area contributed by atoms with Crippen LogP contribution in [0.5, 0.6) is 11.5 Å². The Kier molecular flexibility index (Phi) is 2.60. The van der Waals surface area contributed by atoms with Crippen molar-refractivity contribution in [2.24, 2.45) is 0 Å². The average Bonchev–Trinajstić information content (AvgIpc) is 2.86. The fraction of sp³-hybridized carbons (Fsp3) is 0.0909. The molecule has 0 amide bonds. The third-order valence-electron chi connectivity index (χ3n) is 2.52. The number of hydrogen-bond acceptors (Lipinski definition) is 7. The smallest absolute Gasteiger partial charge is 0.200 e. The van der Waals surface area contributed by atoms with Gasteiger partial charge < -0.3 is 15.2 Å². The van der Waals surface area contributed by atoms with E-state index in [0.29, 0.717) is 22.9 Å². The van der Waals surface area contributed by atoms with Crippen molar-refractivity contribution in [3.8, 4) is 11.5 Å². The quantitative estimate of drug-likeness (QED) is 0.722. The molecule has 96 valence electrons. The first kappa shape index (κ1) is 11.2. The predicted molar refractivity (Wildman–Crippen MR) is 66.5 cm³/mol. The standard InChI is InChI=1S/C11H10N6O2/c1-19-9-3-2-7(6-8(9)18)12-10-4-5-11-13-15-16-17(11)14-10/h2-6,18H,1H3,(H,12,14). The normalized spacial score (nSPS) is 10.6. The van der Waals surface area contributed by atoms with Gasteiger partial charge in [-0.3, -0.25) is 0 Å². The van der Waals surface area contributed by atoms with Crippen molar-refractivity contribution < 1.29 is 9.84 Å². The lowest BCUT2D eigenvalue weighted by molar-refractivity contribution is 0.373. The number of aromatic nitrogens is 5. The Balaban J connectivity index is 1.89. The van der Waals surface area contributed by atoms with Crippen molar-refractivity contribution in [2.75, 3.05) is 12.4 Å². The molecule has 8 heteroatoms. The van der Waals surface area contributed by atoms with Gasteiger partial charge in [-0.25, -0.2) is 0 Å². The van der Waals surface area contributed by atoms with Crippen LogP contribution in [0, 0.1) is 0 Å². The van der Waals surface area contributed by atoms with Gasteiger partial charge in [-0.2, -0.15) is 0 Å². The summed E-state index contributed by atoms with van der Waals surface area (Å²) in [4.78, 5) is 0. The number of aromatic hydroxyl groups is 1. The molecule has 19 heavy (non-hydrogen) atoms. The van der Waals surface area contributed by atoms with E-state index in [-0.39, 0.29) is 5.75 Å². The molecule has 2 aromatic heterocycles. The van der Waals surface area contributed by atoms with Gasteiger partial charge in [0.2, 0.25) is 0 Å². The molecule has 0 aliphatic rings. The molecule has 0 fully saturated rings. The van der Waals surface area contributed by atoms with Crippen LogP contribution in [0.15, 0.2) is 30.3 Å². The Labute approximate surface area is 107 Å². The SMILES string of the molecule is COc1ccc(Nc2ccc3nnnn3n2)cc1O. The number of anilines is 2. The summed E-state index contributed by atoms with van der Waals surface area (Å²) in [7, 11) is 1.50. The molecule has 0 aliphatic carbocycles. The van der Waals surface area contributed by atoms with Crippen molar-refractivity contribution in [3.63, 3.8) is 0 Å². The van der Waals surface area contributed by atoms with Crippen LogP contribution >= 0.6 is 0 Å².